The normalized spacial score (nSPS) is 11.3. The number of anilines is 1. The van der Waals surface area contributed by atoms with Gasteiger partial charge in [0, 0.05) is 5.69 Å². The molecule has 16 heavy (non-hydrogen) atoms. The highest BCUT2D eigenvalue weighted by molar-refractivity contribution is 6.42. The molecule has 88 valence electrons. The lowest BCUT2D eigenvalue weighted by Gasteiger charge is -2.08. The molecule has 0 unspecified atom stereocenters. The fourth-order valence-electron chi connectivity index (χ4n) is 0.961. The zero-order valence-electron chi connectivity index (χ0n) is 7.74. The predicted molar refractivity (Wildman–Crippen MR) is 55.8 cm³/mol. The maximum absolute atomic E-state index is 11.8. The van der Waals surface area contributed by atoms with Gasteiger partial charge in [0.25, 0.3) is 0 Å². The van der Waals surface area contributed by atoms with Gasteiger partial charge in [0.2, 0.25) is 5.91 Å². The van der Waals surface area contributed by atoms with Gasteiger partial charge in [-0.15, -0.1) is 0 Å². The molecule has 1 rings (SSSR count). The van der Waals surface area contributed by atoms with Crippen LogP contribution in [0.5, 0.6) is 0 Å². The van der Waals surface area contributed by atoms with E-state index < -0.39 is 18.5 Å². The average molecular weight is 272 g/mol. The van der Waals surface area contributed by atoms with E-state index in [1.807, 2.05) is 0 Å². The minimum Gasteiger partial charge on any atom is -0.326 e. The molecule has 1 N–H and O–H groups in total. The van der Waals surface area contributed by atoms with Crippen LogP contribution in [0.15, 0.2) is 18.2 Å². The first-order valence-corrected chi connectivity index (χ1v) is 4.85. The Morgan fingerprint density at radius 3 is 2.38 bits per heavy atom. The summed E-state index contributed by atoms with van der Waals surface area (Å²) in [6, 6.07) is 4.02. The molecule has 0 aromatic heterocycles. The number of hydrogen-bond acceptors (Lipinski definition) is 1. The predicted octanol–water partition coefficient (Wildman–Crippen LogP) is 3.88. The average Bonchev–Trinajstić information content (AvgIpc) is 2.08. The van der Waals surface area contributed by atoms with Gasteiger partial charge in [-0.05, 0) is 18.2 Å². The summed E-state index contributed by atoms with van der Waals surface area (Å²) >= 11 is 11.2. The van der Waals surface area contributed by atoms with E-state index in [2.05, 4.69) is 5.32 Å². The summed E-state index contributed by atoms with van der Waals surface area (Å²) in [7, 11) is 0. The monoisotopic (exact) mass is 271 g/mol. The number of benzene rings is 1. The molecular weight excluding hydrogens is 266 g/mol. The van der Waals surface area contributed by atoms with Crippen molar-refractivity contribution in [3.63, 3.8) is 0 Å². The SMILES string of the molecule is O=C(CC(F)(F)F)Nc1ccc(Cl)c(Cl)c1. The van der Waals surface area contributed by atoms with Crippen molar-refractivity contribution in [2.24, 2.45) is 0 Å². The summed E-state index contributed by atoms with van der Waals surface area (Å²) in [6.45, 7) is 0. The largest absolute Gasteiger partial charge is 0.397 e. The number of rotatable bonds is 2. The third kappa shape index (κ3) is 4.28. The molecule has 0 aliphatic carbocycles. The van der Waals surface area contributed by atoms with Crippen LogP contribution in [0.3, 0.4) is 0 Å². The van der Waals surface area contributed by atoms with Crippen molar-refractivity contribution in [2.75, 3.05) is 5.32 Å². The number of halogens is 5. The molecule has 0 atom stereocenters. The van der Waals surface area contributed by atoms with Gasteiger partial charge >= 0.3 is 6.18 Å². The minimum atomic E-state index is -4.53. The van der Waals surface area contributed by atoms with E-state index in [0.29, 0.717) is 0 Å². The highest BCUT2D eigenvalue weighted by Crippen LogP contribution is 2.26. The molecule has 2 nitrogen and oxygen atoms in total. The Morgan fingerprint density at radius 2 is 1.88 bits per heavy atom. The molecule has 0 saturated carbocycles. The fraction of sp³-hybridized carbons (Fsp3) is 0.222. The highest BCUT2D eigenvalue weighted by atomic mass is 35.5. The van der Waals surface area contributed by atoms with Crippen molar-refractivity contribution >= 4 is 34.8 Å². The van der Waals surface area contributed by atoms with E-state index in [4.69, 9.17) is 23.2 Å². The number of amides is 1. The first kappa shape index (κ1) is 13.1. The lowest BCUT2D eigenvalue weighted by molar-refractivity contribution is -0.150. The van der Waals surface area contributed by atoms with Gasteiger partial charge in [-0.2, -0.15) is 13.2 Å². The van der Waals surface area contributed by atoms with Crippen LogP contribution in [0.1, 0.15) is 6.42 Å². The first-order valence-electron chi connectivity index (χ1n) is 4.09. The quantitative estimate of drug-likeness (QED) is 0.869. The minimum absolute atomic E-state index is 0.159. The van der Waals surface area contributed by atoms with Crippen LogP contribution < -0.4 is 5.32 Å². The number of hydrogen-bond donors (Lipinski definition) is 1. The zero-order chi connectivity index (χ0) is 12.3. The Labute approximate surface area is 99.3 Å². The summed E-state index contributed by atoms with van der Waals surface area (Å²) < 4.78 is 35.5. The lowest BCUT2D eigenvalue weighted by atomic mass is 10.3. The van der Waals surface area contributed by atoms with E-state index >= 15 is 0 Å². The topological polar surface area (TPSA) is 29.1 Å². The summed E-state index contributed by atoms with van der Waals surface area (Å²) in [4.78, 5) is 10.9. The molecule has 0 aliphatic heterocycles. The van der Waals surface area contributed by atoms with E-state index in [9.17, 15) is 18.0 Å². The molecule has 7 heteroatoms. The van der Waals surface area contributed by atoms with E-state index in [0.717, 1.165) is 0 Å². The van der Waals surface area contributed by atoms with Crippen LogP contribution in [0, 0.1) is 0 Å². The van der Waals surface area contributed by atoms with Gasteiger partial charge in [0.15, 0.2) is 0 Å². The van der Waals surface area contributed by atoms with E-state index in [-0.39, 0.29) is 15.7 Å². The van der Waals surface area contributed by atoms with Gasteiger partial charge < -0.3 is 5.32 Å². The Balaban J connectivity index is 2.67. The smallest absolute Gasteiger partial charge is 0.326 e. The van der Waals surface area contributed by atoms with Crippen molar-refractivity contribution in [3.8, 4) is 0 Å². The number of carbonyl (C=O) groups is 1. The summed E-state index contributed by atoms with van der Waals surface area (Å²) in [5, 5.41) is 2.48. The zero-order valence-corrected chi connectivity index (χ0v) is 9.25. The highest BCUT2D eigenvalue weighted by Gasteiger charge is 2.31. The summed E-state index contributed by atoms with van der Waals surface area (Å²) in [5.74, 6) is -1.15. The van der Waals surface area contributed by atoms with Crippen molar-refractivity contribution < 1.29 is 18.0 Å². The van der Waals surface area contributed by atoms with Crippen LogP contribution >= 0.6 is 23.2 Å². The van der Waals surface area contributed by atoms with Crippen LogP contribution in [-0.4, -0.2) is 12.1 Å². The second-order valence-corrected chi connectivity index (χ2v) is 3.78. The molecule has 0 spiro atoms. The third-order valence-electron chi connectivity index (χ3n) is 1.56. The van der Waals surface area contributed by atoms with Crippen LogP contribution in [0.4, 0.5) is 18.9 Å². The third-order valence-corrected chi connectivity index (χ3v) is 2.30. The molecular formula is C9H6Cl2F3NO. The molecule has 1 amide bonds. The molecule has 0 aliphatic rings. The van der Waals surface area contributed by atoms with E-state index in [1.165, 1.54) is 18.2 Å². The van der Waals surface area contributed by atoms with Crippen molar-refractivity contribution in [2.45, 2.75) is 12.6 Å². The molecule has 0 radical (unpaired) electrons. The number of alkyl halides is 3. The second-order valence-electron chi connectivity index (χ2n) is 2.97. The van der Waals surface area contributed by atoms with Crippen LogP contribution in [0.2, 0.25) is 10.0 Å². The van der Waals surface area contributed by atoms with Gasteiger partial charge in [-0.1, -0.05) is 23.2 Å². The van der Waals surface area contributed by atoms with Gasteiger partial charge in [-0.25, -0.2) is 0 Å². The Bertz CT molecular complexity index is 406. The molecule has 0 bridgehead atoms. The standard InChI is InChI=1S/C9H6Cl2F3NO/c10-6-2-1-5(3-7(6)11)15-8(16)4-9(12,13)14/h1-3H,4H2,(H,15,16). The Morgan fingerprint density at radius 1 is 1.25 bits per heavy atom. The fourth-order valence-corrected chi connectivity index (χ4v) is 1.26. The first-order chi connectivity index (χ1) is 7.28. The maximum Gasteiger partial charge on any atom is 0.397 e. The number of nitrogens with one attached hydrogen (secondary N) is 1. The summed E-state index contributed by atoms with van der Waals surface area (Å²) in [6.07, 6.45) is -6.06. The molecule has 1 aromatic carbocycles. The van der Waals surface area contributed by atoms with Crippen molar-refractivity contribution in [1.82, 2.24) is 0 Å². The van der Waals surface area contributed by atoms with E-state index in [1.54, 1.807) is 0 Å². The van der Waals surface area contributed by atoms with Crippen LogP contribution in [0.25, 0.3) is 0 Å². The molecule has 1 aromatic rings. The van der Waals surface area contributed by atoms with Gasteiger partial charge in [-0.3, -0.25) is 4.79 Å². The van der Waals surface area contributed by atoms with Crippen molar-refractivity contribution in [3.05, 3.63) is 28.2 Å². The van der Waals surface area contributed by atoms with Crippen LogP contribution in [-0.2, 0) is 4.79 Å². The molecule has 0 fully saturated rings. The lowest BCUT2D eigenvalue weighted by Crippen LogP contribution is -2.21. The Kier molecular flexibility index (Phi) is 4.04. The van der Waals surface area contributed by atoms with Crippen molar-refractivity contribution in [1.29, 1.82) is 0 Å². The maximum atomic E-state index is 11.8. The van der Waals surface area contributed by atoms with Gasteiger partial charge in [0.1, 0.15) is 6.42 Å². The molecule has 0 heterocycles. The Hall–Kier alpha value is -0.940. The number of carbonyl (C=O) groups excluding carboxylic acids is 1. The summed E-state index contributed by atoms with van der Waals surface area (Å²) in [5.41, 5.74) is 0.170. The van der Waals surface area contributed by atoms with Gasteiger partial charge in [0.05, 0.1) is 10.0 Å². The molecule has 0 saturated heterocycles. The second kappa shape index (κ2) is 4.93.